The van der Waals surface area contributed by atoms with Gasteiger partial charge in [0.15, 0.2) is 0 Å². The SMILES string of the molecule is O=C(O)C[C@H](NC(=O)c1ccc(OCc2ccccc2)cc1)NC(=O)[C@@H]1CCCN(C(=O)CCC2CCNCC2)C1. The highest BCUT2D eigenvalue weighted by Crippen LogP contribution is 2.22. The third-order valence-corrected chi connectivity index (χ3v) is 7.74. The maximum Gasteiger partial charge on any atom is 0.307 e. The molecule has 10 heteroatoms. The lowest BCUT2D eigenvalue weighted by Gasteiger charge is -2.33. The Balaban J connectivity index is 1.27. The second-order valence-electron chi connectivity index (χ2n) is 10.8. The minimum absolute atomic E-state index is 0.0626. The fourth-order valence-electron chi connectivity index (χ4n) is 5.36. The number of piperidine rings is 2. The molecule has 0 saturated carbocycles. The van der Waals surface area contributed by atoms with Crippen molar-refractivity contribution in [2.75, 3.05) is 26.2 Å². The summed E-state index contributed by atoms with van der Waals surface area (Å²) in [5, 5.41) is 18.0. The Morgan fingerprint density at radius 2 is 1.71 bits per heavy atom. The third kappa shape index (κ3) is 9.60. The molecule has 2 atom stereocenters. The molecule has 3 amide bonds. The van der Waals surface area contributed by atoms with E-state index in [9.17, 15) is 24.3 Å². The predicted molar refractivity (Wildman–Crippen MR) is 153 cm³/mol. The van der Waals surface area contributed by atoms with Crippen molar-refractivity contribution in [3.05, 3.63) is 65.7 Å². The van der Waals surface area contributed by atoms with E-state index >= 15 is 0 Å². The van der Waals surface area contributed by atoms with Gasteiger partial charge in [-0.15, -0.1) is 0 Å². The summed E-state index contributed by atoms with van der Waals surface area (Å²) in [4.78, 5) is 52.1. The number of hydrogen-bond donors (Lipinski definition) is 4. The van der Waals surface area contributed by atoms with Crippen LogP contribution >= 0.6 is 0 Å². The van der Waals surface area contributed by atoms with E-state index in [-0.39, 0.29) is 11.8 Å². The van der Waals surface area contributed by atoms with Crippen LogP contribution in [0.4, 0.5) is 0 Å². The van der Waals surface area contributed by atoms with Gasteiger partial charge in [0.05, 0.1) is 12.3 Å². The lowest BCUT2D eigenvalue weighted by molar-refractivity contribution is -0.138. The molecule has 10 nitrogen and oxygen atoms in total. The zero-order valence-corrected chi connectivity index (χ0v) is 23.3. The Morgan fingerprint density at radius 3 is 2.41 bits per heavy atom. The van der Waals surface area contributed by atoms with Gasteiger partial charge in [0.2, 0.25) is 11.8 Å². The van der Waals surface area contributed by atoms with Gasteiger partial charge >= 0.3 is 5.97 Å². The fourth-order valence-corrected chi connectivity index (χ4v) is 5.36. The average molecular weight is 565 g/mol. The zero-order chi connectivity index (χ0) is 29.0. The van der Waals surface area contributed by atoms with Crippen LogP contribution in [0.15, 0.2) is 54.6 Å². The molecule has 41 heavy (non-hydrogen) atoms. The largest absolute Gasteiger partial charge is 0.489 e. The summed E-state index contributed by atoms with van der Waals surface area (Å²) in [5.74, 6) is -1.27. The van der Waals surface area contributed by atoms with E-state index in [0.29, 0.717) is 56.2 Å². The molecule has 2 saturated heterocycles. The van der Waals surface area contributed by atoms with Gasteiger partial charge in [0.25, 0.3) is 5.91 Å². The Labute approximate surface area is 240 Å². The number of nitrogens with zero attached hydrogens (tertiary/aromatic N) is 1. The summed E-state index contributed by atoms with van der Waals surface area (Å²) in [6.07, 6.45) is 3.25. The molecule has 2 aromatic rings. The van der Waals surface area contributed by atoms with Crippen molar-refractivity contribution in [3.63, 3.8) is 0 Å². The lowest BCUT2D eigenvalue weighted by Crippen LogP contribution is -2.53. The standard InChI is InChI=1S/C31H40N4O6/c36-28(13-8-22-14-16-32-17-15-22)35-18-4-7-25(20-35)31(40)34-27(19-29(37)38)33-30(39)24-9-11-26(12-10-24)41-21-23-5-2-1-3-6-23/h1-3,5-6,9-12,22,25,27,32H,4,7-8,13-21H2,(H,33,39)(H,34,40)(H,37,38)/t25-,27-/m1/s1. The molecule has 4 rings (SSSR count). The number of carboxylic acid groups (broad SMARTS) is 1. The Morgan fingerprint density at radius 1 is 0.976 bits per heavy atom. The van der Waals surface area contributed by atoms with E-state index in [2.05, 4.69) is 16.0 Å². The second-order valence-corrected chi connectivity index (χ2v) is 10.8. The van der Waals surface area contributed by atoms with Gasteiger partial charge in [-0.1, -0.05) is 30.3 Å². The number of carboxylic acids is 1. The normalized spacial score (nSPS) is 18.2. The van der Waals surface area contributed by atoms with Crippen LogP contribution in [-0.2, 0) is 21.0 Å². The Kier molecular flexibility index (Phi) is 11.1. The van der Waals surface area contributed by atoms with E-state index in [0.717, 1.165) is 37.9 Å². The quantitative estimate of drug-likeness (QED) is 0.291. The van der Waals surface area contributed by atoms with E-state index in [1.54, 1.807) is 29.2 Å². The second kappa shape index (κ2) is 15.2. The summed E-state index contributed by atoms with van der Waals surface area (Å²) in [6.45, 7) is 3.30. The molecule has 2 heterocycles. The van der Waals surface area contributed by atoms with Crippen molar-refractivity contribution >= 4 is 23.7 Å². The van der Waals surface area contributed by atoms with Crippen molar-refractivity contribution in [1.29, 1.82) is 0 Å². The summed E-state index contributed by atoms with van der Waals surface area (Å²) in [6, 6.07) is 16.2. The topological polar surface area (TPSA) is 137 Å². The van der Waals surface area contributed by atoms with Crippen LogP contribution in [0.5, 0.6) is 5.75 Å². The van der Waals surface area contributed by atoms with Crippen molar-refractivity contribution in [3.8, 4) is 5.75 Å². The van der Waals surface area contributed by atoms with Crippen molar-refractivity contribution in [2.24, 2.45) is 11.8 Å². The Hall–Kier alpha value is -3.92. The molecular weight excluding hydrogens is 524 g/mol. The van der Waals surface area contributed by atoms with Gasteiger partial charge in [0.1, 0.15) is 18.5 Å². The van der Waals surface area contributed by atoms with Crippen LogP contribution in [0.2, 0.25) is 0 Å². The molecule has 0 radical (unpaired) electrons. The number of aliphatic carboxylic acids is 1. The van der Waals surface area contributed by atoms with Crippen molar-refractivity contribution in [1.82, 2.24) is 20.9 Å². The highest BCUT2D eigenvalue weighted by molar-refractivity contribution is 5.95. The maximum atomic E-state index is 13.1. The smallest absolute Gasteiger partial charge is 0.307 e. The van der Waals surface area contributed by atoms with Gasteiger partial charge in [0, 0.05) is 25.1 Å². The van der Waals surface area contributed by atoms with Gasteiger partial charge in [-0.25, -0.2) is 0 Å². The summed E-state index contributed by atoms with van der Waals surface area (Å²) >= 11 is 0. The summed E-state index contributed by atoms with van der Waals surface area (Å²) in [7, 11) is 0. The first-order chi connectivity index (χ1) is 19.9. The molecule has 0 aromatic heterocycles. The molecule has 0 spiro atoms. The number of ether oxygens (including phenoxy) is 1. The molecule has 2 aliphatic rings. The maximum absolute atomic E-state index is 13.1. The predicted octanol–water partition coefficient (Wildman–Crippen LogP) is 2.93. The minimum atomic E-state index is -1.15. The first-order valence-corrected chi connectivity index (χ1v) is 14.5. The van der Waals surface area contributed by atoms with E-state index < -0.39 is 30.4 Å². The van der Waals surface area contributed by atoms with Crippen LogP contribution in [0.1, 0.15) is 60.9 Å². The number of amides is 3. The molecular formula is C31H40N4O6. The number of carbonyl (C=O) groups excluding carboxylic acids is 3. The molecule has 2 aromatic carbocycles. The number of nitrogens with one attached hydrogen (secondary N) is 3. The molecule has 220 valence electrons. The third-order valence-electron chi connectivity index (χ3n) is 7.74. The molecule has 2 fully saturated rings. The summed E-state index contributed by atoms with van der Waals surface area (Å²) < 4.78 is 5.75. The van der Waals surface area contributed by atoms with Crippen LogP contribution < -0.4 is 20.7 Å². The fraction of sp³-hybridized carbons (Fsp3) is 0.484. The van der Waals surface area contributed by atoms with Crippen LogP contribution in [0.3, 0.4) is 0 Å². The number of hydrogen-bond acceptors (Lipinski definition) is 6. The van der Waals surface area contributed by atoms with Gasteiger partial charge in [-0.2, -0.15) is 0 Å². The monoisotopic (exact) mass is 564 g/mol. The Bertz CT molecular complexity index is 1170. The average Bonchev–Trinajstić information content (AvgIpc) is 2.99. The lowest BCUT2D eigenvalue weighted by atomic mass is 9.92. The van der Waals surface area contributed by atoms with Gasteiger partial charge < -0.3 is 30.7 Å². The number of benzene rings is 2. The zero-order valence-electron chi connectivity index (χ0n) is 23.3. The number of rotatable bonds is 12. The number of likely N-dealkylation sites (tertiary alicyclic amines) is 1. The molecule has 2 aliphatic heterocycles. The highest BCUT2D eigenvalue weighted by atomic mass is 16.5. The number of carbonyl (C=O) groups is 4. The molecule has 0 aliphatic carbocycles. The van der Waals surface area contributed by atoms with Gasteiger partial charge in [-0.3, -0.25) is 19.2 Å². The minimum Gasteiger partial charge on any atom is -0.489 e. The van der Waals surface area contributed by atoms with Crippen molar-refractivity contribution < 1.29 is 29.0 Å². The molecule has 0 unspecified atom stereocenters. The van der Waals surface area contributed by atoms with Crippen LogP contribution in [0, 0.1) is 11.8 Å². The molecule has 0 bridgehead atoms. The van der Waals surface area contributed by atoms with Crippen molar-refractivity contribution in [2.45, 2.75) is 57.7 Å². The highest BCUT2D eigenvalue weighted by Gasteiger charge is 2.30. The summed E-state index contributed by atoms with van der Waals surface area (Å²) in [5.41, 5.74) is 1.33. The molecule has 4 N–H and O–H groups in total. The van der Waals surface area contributed by atoms with E-state index in [4.69, 9.17) is 4.74 Å². The first kappa shape index (κ1) is 30.0. The first-order valence-electron chi connectivity index (χ1n) is 14.5. The van der Waals surface area contributed by atoms with Crippen LogP contribution in [-0.4, -0.2) is 66.0 Å². The van der Waals surface area contributed by atoms with Gasteiger partial charge in [-0.05, 0) is 80.9 Å². The van der Waals surface area contributed by atoms with E-state index in [1.165, 1.54) is 0 Å². The van der Waals surface area contributed by atoms with E-state index in [1.807, 2.05) is 30.3 Å². The van der Waals surface area contributed by atoms with Crippen LogP contribution in [0.25, 0.3) is 0 Å².